The van der Waals surface area contributed by atoms with Gasteiger partial charge in [-0.1, -0.05) is 30.3 Å². The van der Waals surface area contributed by atoms with Gasteiger partial charge in [0.25, 0.3) is 0 Å². The van der Waals surface area contributed by atoms with Gasteiger partial charge in [-0.3, -0.25) is 5.10 Å². The lowest BCUT2D eigenvalue weighted by molar-refractivity contribution is 0.863. The van der Waals surface area contributed by atoms with Crippen LogP contribution in [-0.2, 0) is 19.3 Å². The van der Waals surface area contributed by atoms with Gasteiger partial charge in [0.05, 0.1) is 11.9 Å². The largest absolute Gasteiger partial charge is 0.354 e. The Morgan fingerprint density at radius 3 is 2.91 bits per heavy atom. The molecule has 0 saturated heterocycles. The third-order valence-corrected chi connectivity index (χ3v) is 4.02. The minimum atomic E-state index is 0.684. The minimum Gasteiger partial charge on any atom is -0.354 e. The summed E-state index contributed by atoms with van der Waals surface area (Å²) in [6.07, 6.45) is 6.69. The van der Waals surface area contributed by atoms with E-state index in [9.17, 15) is 0 Å². The number of nitrogens with one attached hydrogen (secondary N) is 2. The molecule has 0 spiro atoms. The van der Waals surface area contributed by atoms with Gasteiger partial charge in [0.15, 0.2) is 0 Å². The van der Waals surface area contributed by atoms with E-state index in [1.165, 1.54) is 16.8 Å². The summed E-state index contributed by atoms with van der Waals surface area (Å²) < 4.78 is 0. The van der Waals surface area contributed by atoms with Crippen molar-refractivity contribution in [2.45, 2.75) is 19.3 Å². The third-order valence-electron chi connectivity index (χ3n) is 4.02. The van der Waals surface area contributed by atoms with Crippen LogP contribution in [-0.4, -0.2) is 26.7 Å². The fourth-order valence-electron chi connectivity index (χ4n) is 2.84. The molecule has 5 nitrogen and oxygen atoms in total. The van der Waals surface area contributed by atoms with Crippen molar-refractivity contribution in [3.05, 3.63) is 59.5 Å². The predicted octanol–water partition coefficient (Wildman–Crippen LogP) is 2.62. The number of anilines is 1. The average molecular weight is 291 g/mol. The Bertz CT molecular complexity index is 779. The SMILES string of the molecule is c1ccc(CCNc2ncc3c(n2)-c2cn[nH]c2CC3)cc1. The van der Waals surface area contributed by atoms with Crippen molar-refractivity contribution >= 4 is 5.95 Å². The summed E-state index contributed by atoms with van der Waals surface area (Å²) in [5.41, 5.74) is 5.79. The van der Waals surface area contributed by atoms with E-state index in [0.29, 0.717) is 5.95 Å². The van der Waals surface area contributed by atoms with Crippen molar-refractivity contribution in [3.63, 3.8) is 0 Å². The molecule has 1 aromatic carbocycles. The normalized spacial score (nSPS) is 12.5. The third kappa shape index (κ3) is 2.45. The molecule has 0 radical (unpaired) electrons. The highest BCUT2D eigenvalue weighted by Crippen LogP contribution is 2.30. The second-order valence-corrected chi connectivity index (χ2v) is 5.49. The lowest BCUT2D eigenvalue weighted by atomic mass is 9.96. The maximum atomic E-state index is 4.68. The lowest BCUT2D eigenvalue weighted by Gasteiger charge is -2.15. The van der Waals surface area contributed by atoms with E-state index in [4.69, 9.17) is 0 Å². The number of benzene rings is 1. The number of nitrogens with zero attached hydrogens (tertiary/aromatic N) is 3. The molecule has 3 aromatic rings. The molecule has 0 atom stereocenters. The molecule has 1 aliphatic carbocycles. The summed E-state index contributed by atoms with van der Waals surface area (Å²) in [5.74, 6) is 0.684. The number of aromatic nitrogens is 4. The van der Waals surface area contributed by atoms with Gasteiger partial charge in [-0.2, -0.15) is 5.10 Å². The molecule has 0 aliphatic heterocycles. The second-order valence-electron chi connectivity index (χ2n) is 5.49. The summed E-state index contributed by atoms with van der Waals surface area (Å²) in [6, 6.07) is 10.4. The number of hydrogen-bond acceptors (Lipinski definition) is 4. The van der Waals surface area contributed by atoms with Crippen LogP contribution in [0.1, 0.15) is 16.8 Å². The standard InChI is InChI=1S/C17H17N5/c1-2-4-12(5-3-1)8-9-18-17-19-10-13-6-7-15-14(11-20-22-15)16(13)21-17/h1-5,10-11H,6-9H2,(H,20,22)(H,18,19,21). The van der Waals surface area contributed by atoms with Gasteiger partial charge in [-0.05, 0) is 30.4 Å². The fourth-order valence-corrected chi connectivity index (χ4v) is 2.84. The van der Waals surface area contributed by atoms with Crippen LogP contribution < -0.4 is 5.32 Å². The molecule has 5 heteroatoms. The fraction of sp³-hybridized carbons (Fsp3) is 0.235. The molecule has 0 bridgehead atoms. The molecule has 2 heterocycles. The first-order valence-electron chi connectivity index (χ1n) is 7.56. The van der Waals surface area contributed by atoms with Crippen molar-refractivity contribution in [3.8, 4) is 11.3 Å². The van der Waals surface area contributed by atoms with E-state index in [-0.39, 0.29) is 0 Å². The van der Waals surface area contributed by atoms with Gasteiger partial charge >= 0.3 is 0 Å². The highest BCUT2D eigenvalue weighted by Gasteiger charge is 2.19. The van der Waals surface area contributed by atoms with Gasteiger partial charge in [0.1, 0.15) is 0 Å². The van der Waals surface area contributed by atoms with E-state index in [0.717, 1.165) is 37.1 Å². The predicted molar refractivity (Wildman–Crippen MR) is 85.7 cm³/mol. The van der Waals surface area contributed by atoms with Gasteiger partial charge in [-0.25, -0.2) is 9.97 Å². The van der Waals surface area contributed by atoms with E-state index < -0.39 is 0 Å². The Morgan fingerprint density at radius 2 is 2.00 bits per heavy atom. The lowest BCUT2D eigenvalue weighted by Crippen LogP contribution is -2.11. The van der Waals surface area contributed by atoms with Crippen molar-refractivity contribution in [1.29, 1.82) is 0 Å². The molecule has 0 saturated carbocycles. The highest BCUT2D eigenvalue weighted by atomic mass is 15.1. The van der Waals surface area contributed by atoms with Crippen molar-refractivity contribution in [2.24, 2.45) is 0 Å². The van der Waals surface area contributed by atoms with Gasteiger partial charge in [0, 0.05) is 24.0 Å². The number of fused-ring (bicyclic) bond motifs is 3. The number of aromatic amines is 1. The van der Waals surface area contributed by atoms with Crippen molar-refractivity contribution in [2.75, 3.05) is 11.9 Å². The second kappa shape index (κ2) is 5.60. The maximum absolute atomic E-state index is 4.68. The zero-order valence-electron chi connectivity index (χ0n) is 12.2. The Morgan fingerprint density at radius 1 is 1.09 bits per heavy atom. The molecular weight excluding hydrogens is 274 g/mol. The quantitative estimate of drug-likeness (QED) is 0.775. The van der Waals surface area contributed by atoms with E-state index in [1.807, 2.05) is 18.5 Å². The molecule has 0 unspecified atom stereocenters. The summed E-state index contributed by atoms with van der Waals surface area (Å²) in [5, 5.41) is 10.5. The molecule has 110 valence electrons. The molecule has 4 rings (SSSR count). The zero-order chi connectivity index (χ0) is 14.8. The van der Waals surface area contributed by atoms with Crippen molar-refractivity contribution < 1.29 is 0 Å². The number of hydrogen-bond donors (Lipinski definition) is 2. The van der Waals surface area contributed by atoms with Crippen LogP contribution in [0.3, 0.4) is 0 Å². The Kier molecular flexibility index (Phi) is 3.31. The Hall–Kier alpha value is -2.69. The van der Waals surface area contributed by atoms with Gasteiger partial charge in [0.2, 0.25) is 5.95 Å². The van der Waals surface area contributed by atoms with E-state index >= 15 is 0 Å². The van der Waals surface area contributed by atoms with Crippen LogP contribution in [0.15, 0.2) is 42.7 Å². The zero-order valence-corrected chi connectivity index (χ0v) is 12.2. The van der Waals surface area contributed by atoms with Crippen LogP contribution in [0.25, 0.3) is 11.3 Å². The van der Waals surface area contributed by atoms with Gasteiger partial charge in [-0.15, -0.1) is 0 Å². The molecule has 2 N–H and O–H groups in total. The number of rotatable bonds is 4. The smallest absolute Gasteiger partial charge is 0.223 e. The summed E-state index contributed by atoms with van der Waals surface area (Å²) in [6.45, 7) is 0.820. The molecule has 2 aromatic heterocycles. The molecule has 0 amide bonds. The highest BCUT2D eigenvalue weighted by molar-refractivity contribution is 5.67. The summed E-state index contributed by atoms with van der Waals surface area (Å²) in [7, 11) is 0. The van der Waals surface area contributed by atoms with Crippen LogP contribution >= 0.6 is 0 Å². The van der Waals surface area contributed by atoms with Crippen LogP contribution in [0.5, 0.6) is 0 Å². The summed E-state index contributed by atoms with van der Waals surface area (Å²) in [4.78, 5) is 9.10. The Labute approximate surface area is 128 Å². The van der Waals surface area contributed by atoms with Gasteiger partial charge < -0.3 is 5.32 Å². The monoisotopic (exact) mass is 291 g/mol. The number of H-pyrrole nitrogens is 1. The molecule has 22 heavy (non-hydrogen) atoms. The molecule has 1 aliphatic rings. The van der Waals surface area contributed by atoms with Crippen LogP contribution in [0, 0.1) is 0 Å². The topological polar surface area (TPSA) is 66.5 Å². The molecular formula is C17H17N5. The summed E-state index contributed by atoms with van der Waals surface area (Å²) >= 11 is 0. The Balaban J connectivity index is 1.49. The van der Waals surface area contributed by atoms with Crippen molar-refractivity contribution in [1.82, 2.24) is 20.2 Å². The average Bonchev–Trinajstić information content (AvgIpc) is 3.05. The minimum absolute atomic E-state index is 0.684. The van der Waals surface area contributed by atoms with Crippen LogP contribution in [0.2, 0.25) is 0 Å². The molecule has 0 fully saturated rings. The van der Waals surface area contributed by atoms with E-state index in [2.05, 4.69) is 49.7 Å². The first-order valence-corrected chi connectivity index (χ1v) is 7.56. The maximum Gasteiger partial charge on any atom is 0.223 e. The van der Waals surface area contributed by atoms with E-state index in [1.54, 1.807) is 0 Å². The number of aryl methyl sites for hydroxylation is 2. The first-order chi connectivity index (χ1) is 10.9. The van der Waals surface area contributed by atoms with Crippen LogP contribution in [0.4, 0.5) is 5.95 Å². The first kappa shape index (κ1) is 13.0.